The van der Waals surface area contributed by atoms with Crippen molar-refractivity contribution in [3.8, 4) is 5.75 Å². The first-order chi connectivity index (χ1) is 17.3. The van der Waals surface area contributed by atoms with Crippen LogP contribution in [0.1, 0.15) is 16.7 Å². The van der Waals surface area contributed by atoms with Crippen molar-refractivity contribution in [2.45, 2.75) is 12.1 Å². The Labute approximate surface area is 208 Å². The molecule has 182 valence electrons. The molecule has 2 aliphatic rings. The van der Waals surface area contributed by atoms with Gasteiger partial charge in [-0.3, -0.25) is 14.9 Å². The smallest absolute Gasteiger partial charge is 0.280 e. The number of rotatable bonds is 6. The third-order valence-corrected chi connectivity index (χ3v) is 6.38. The summed E-state index contributed by atoms with van der Waals surface area (Å²) in [7, 11) is 5.46. The molecule has 8 nitrogen and oxygen atoms in total. The summed E-state index contributed by atoms with van der Waals surface area (Å²) in [4.78, 5) is 28.3. The van der Waals surface area contributed by atoms with E-state index in [0.717, 1.165) is 22.5 Å². The van der Waals surface area contributed by atoms with E-state index in [2.05, 4.69) is 0 Å². The van der Waals surface area contributed by atoms with Gasteiger partial charge >= 0.3 is 0 Å². The van der Waals surface area contributed by atoms with Crippen LogP contribution in [0.2, 0.25) is 0 Å². The molecular weight excluding hydrogens is 458 g/mol. The minimum Gasteiger partial charge on any atom is -0.496 e. The molecule has 0 aromatic heterocycles. The van der Waals surface area contributed by atoms with E-state index in [1.165, 1.54) is 12.1 Å². The van der Waals surface area contributed by atoms with Gasteiger partial charge in [-0.2, -0.15) is 0 Å². The Morgan fingerprint density at radius 2 is 1.83 bits per heavy atom. The van der Waals surface area contributed by atoms with E-state index < -0.39 is 10.5 Å². The topological polar surface area (TPSA) is 85.1 Å². The highest BCUT2D eigenvalue weighted by molar-refractivity contribution is 6.10. The van der Waals surface area contributed by atoms with Crippen LogP contribution in [0.4, 0.5) is 17.1 Å². The third kappa shape index (κ3) is 3.86. The van der Waals surface area contributed by atoms with Gasteiger partial charge in [0.2, 0.25) is 5.60 Å². The van der Waals surface area contributed by atoms with Crippen LogP contribution < -0.4 is 14.5 Å². The summed E-state index contributed by atoms with van der Waals surface area (Å²) in [5, 5.41) is 11.0. The Morgan fingerprint density at radius 1 is 1.11 bits per heavy atom. The van der Waals surface area contributed by atoms with Crippen molar-refractivity contribution in [1.82, 2.24) is 0 Å². The largest absolute Gasteiger partial charge is 0.496 e. The summed E-state index contributed by atoms with van der Waals surface area (Å²) in [6.45, 7) is 0.382. The first-order valence-electron chi connectivity index (χ1n) is 11.4. The zero-order valence-electron chi connectivity index (χ0n) is 20.2. The van der Waals surface area contributed by atoms with Gasteiger partial charge in [0, 0.05) is 38.0 Å². The zero-order chi connectivity index (χ0) is 25.4. The maximum Gasteiger partial charge on any atom is 0.280 e. The lowest BCUT2D eigenvalue weighted by molar-refractivity contribution is -0.384. The van der Waals surface area contributed by atoms with E-state index in [4.69, 9.17) is 9.47 Å². The first kappa shape index (κ1) is 23.2. The molecule has 1 spiro atoms. The summed E-state index contributed by atoms with van der Waals surface area (Å²) in [5.74, 6) is 0.823. The highest BCUT2D eigenvalue weighted by atomic mass is 16.6. The van der Waals surface area contributed by atoms with Crippen molar-refractivity contribution >= 4 is 29.0 Å². The number of fused-ring (bicyclic) bond motifs is 2. The third-order valence-electron chi connectivity index (χ3n) is 6.38. The second kappa shape index (κ2) is 8.88. The zero-order valence-corrected chi connectivity index (χ0v) is 20.2. The quantitative estimate of drug-likeness (QED) is 0.361. The molecule has 2 heterocycles. The van der Waals surface area contributed by atoms with Crippen LogP contribution in [0.5, 0.6) is 5.75 Å². The maximum absolute atomic E-state index is 14.0. The Hall–Kier alpha value is -4.59. The highest BCUT2D eigenvalue weighted by Crippen LogP contribution is 2.53. The van der Waals surface area contributed by atoms with Gasteiger partial charge in [0.15, 0.2) is 0 Å². The number of non-ortho nitro benzene ring substituents is 1. The van der Waals surface area contributed by atoms with Crippen molar-refractivity contribution in [2.24, 2.45) is 0 Å². The molecule has 0 bridgehead atoms. The van der Waals surface area contributed by atoms with E-state index in [1.54, 1.807) is 42.4 Å². The lowest BCUT2D eigenvalue weighted by Gasteiger charge is -2.24. The number of benzene rings is 3. The Bertz CT molecular complexity index is 1400. The molecule has 0 fully saturated rings. The molecule has 1 amide bonds. The van der Waals surface area contributed by atoms with E-state index in [9.17, 15) is 14.9 Å². The number of nitro benzene ring substituents is 1. The molecule has 0 aliphatic carbocycles. The van der Waals surface area contributed by atoms with E-state index >= 15 is 0 Å². The van der Waals surface area contributed by atoms with Crippen LogP contribution in [0.25, 0.3) is 6.08 Å². The lowest BCUT2D eigenvalue weighted by Crippen LogP contribution is -2.39. The predicted octanol–water partition coefficient (Wildman–Crippen LogP) is 5.04. The molecule has 5 rings (SSSR count). The van der Waals surface area contributed by atoms with E-state index in [1.807, 2.05) is 61.5 Å². The van der Waals surface area contributed by atoms with Crippen LogP contribution in [0, 0.1) is 10.1 Å². The summed E-state index contributed by atoms with van der Waals surface area (Å²) < 4.78 is 12.1. The molecule has 36 heavy (non-hydrogen) atoms. The van der Waals surface area contributed by atoms with Crippen LogP contribution >= 0.6 is 0 Å². The lowest BCUT2D eigenvalue weighted by atomic mass is 9.94. The number of nitrogens with zero attached hydrogens (tertiary/aromatic N) is 3. The molecule has 0 saturated heterocycles. The van der Waals surface area contributed by atoms with Gasteiger partial charge in [0.25, 0.3) is 11.6 Å². The normalized spacial score (nSPS) is 19.0. The summed E-state index contributed by atoms with van der Waals surface area (Å²) in [5.41, 5.74) is 2.64. The standard InChI is InChI=1S/C28H25N3O5/c1-29(2)22-16-24-26(25(17-22)35-3)28(27(32)30(24)18-20-7-5-4-6-8-20)14-13-23(36-28)15-19-9-11-21(12-10-19)31(33)34/h4-17H,18H2,1-3H3/b23-15-. The minimum atomic E-state index is -1.37. The Morgan fingerprint density at radius 3 is 2.47 bits per heavy atom. The summed E-state index contributed by atoms with van der Waals surface area (Å²) in [6.07, 6.45) is 5.27. The molecule has 1 unspecified atom stereocenters. The van der Waals surface area contributed by atoms with Gasteiger partial charge < -0.3 is 19.3 Å². The summed E-state index contributed by atoms with van der Waals surface area (Å²) in [6, 6.07) is 19.8. The number of hydrogen-bond donors (Lipinski definition) is 0. The highest BCUT2D eigenvalue weighted by Gasteiger charge is 2.56. The Balaban J connectivity index is 1.58. The average molecular weight is 484 g/mol. The van der Waals surface area contributed by atoms with Crippen molar-refractivity contribution in [3.05, 3.63) is 111 Å². The fourth-order valence-electron chi connectivity index (χ4n) is 4.57. The molecule has 8 heteroatoms. The fourth-order valence-corrected chi connectivity index (χ4v) is 4.57. The number of methoxy groups -OCH3 is 1. The number of carbonyl (C=O) groups excluding carboxylic acids is 1. The van der Waals surface area contributed by atoms with Crippen LogP contribution in [-0.2, 0) is 21.7 Å². The maximum atomic E-state index is 14.0. The molecule has 0 saturated carbocycles. The predicted molar refractivity (Wildman–Crippen MR) is 138 cm³/mol. The van der Waals surface area contributed by atoms with Gasteiger partial charge in [-0.05, 0) is 47.6 Å². The number of anilines is 2. The van der Waals surface area contributed by atoms with Gasteiger partial charge in [-0.15, -0.1) is 0 Å². The molecule has 0 N–H and O–H groups in total. The number of carbonyl (C=O) groups is 1. The number of allylic oxidation sites excluding steroid dienone is 1. The van der Waals surface area contributed by atoms with Gasteiger partial charge in [0.05, 0.1) is 29.8 Å². The molecule has 3 aromatic carbocycles. The second-order valence-corrected chi connectivity index (χ2v) is 8.88. The molecule has 2 aliphatic heterocycles. The number of ether oxygens (including phenoxy) is 2. The molecule has 0 radical (unpaired) electrons. The monoisotopic (exact) mass is 483 g/mol. The minimum absolute atomic E-state index is 0.00869. The molecule has 3 aromatic rings. The van der Waals surface area contributed by atoms with E-state index in [0.29, 0.717) is 23.6 Å². The van der Waals surface area contributed by atoms with E-state index in [-0.39, 0.29) is 11.6 Å². The average Bonchev–Trinajstić information content (AvgIpc) is 3.40. The number of nitro groups is 1. The Kier molecular flexibility index (Phi) is 5.72. The summed E-state index contributed by atoms with van der Waals surface area (Å²) >= 11 is 0. The van der Waals surface area contributed by atoms with Crippen molar-refractivity contribution < 1.29 is 19.2 Å². The van der Waals surface area contributed by atoms with Crippen LogP contribution in [0.15, 0.2) is 84.6 Å². The van der Waals surface area contributed by atoms with Gasteiger partial charge in [0.1, 0.15) is 11.5 Å². The van der Waals surface area contributed by atoms with Gasteiger partial charge in [-0.1, -0.05) is 30.3 Å². The number of amides is 1. The number of hydrogen-bond acceptors (Lipinski definition) is 6. The van der Waals surface area contributed by atoms with Crippen LogP contribution in [0.3, 0.4) is 0 Å². The fraction of sp³-hybridized carbons (Fsp3) is 0.179. The first-order valence-corrected chi connectivity index (χ1v) is 11.4. The van der Waals surface area contributed by atoms with Crippen molar-refractivity contribution in [2.75, 3.05) is 31.0 Å². The second-order valence-electron chi connectivity index (χ2n) is 8.88. The van der Waals surface area contributed by atoms with Crippen molar-refractivity contribution in [1.29, 1.82) is 0 Å². The van der Waals surface area contributed by atoms with Gasteiger partial charge in [-0.25, -0.2) is 0 Å². The van der Waals surface area contributed by atoms with Crippen LogP contribution in [-0.4, -0.2) is 32.0 Å². The molecule has 1 atom stereocenters. The SMILES string of the molecule is COc1cc(N(C)C)cc2c1C1(C=C/C(=C/c3ccc([N+](=O)[O-])cc3)O1)C(=O)N2Cc1ccccc1. The van der Waals surface area contributed by atoms with Crippen molar-refractivity contribution in [3.63, 3.8) is 0 Å². The molecular formula is C28H25N3O5.